The Kier molecular flexibility index (Phi) is 5.46. The van der Waals surface area contributed by atoms with Crippen molar-refractivity contribution in [2.45, 2.75) is 51.1 Å². The van der Waals surface area contributed by atoms with E-state index in [4.69, 9.17) is 0 Å². The van der Waals surface area contributed by atoms with Crippen molar-refractivity contribution in [1.82, 2.24) is 10.2 Å². The predicted molar refractivity (Wildman–Crippen MR) is 73.2 cm³/mol. The van der Waals surface area contributed by atoms with Gasteiger partial charge >= 0.3 is 0 Å². The molecule has 0 aromatic heterocycles. The van der Waals surface area contributed by atoms with Crippen LogP contribution in [0.4, 0.5) is 0 Å². The molecule has 0 aromatic carbocycles. The van der Waals surface area contributed by atoms with Gasteiger partial charge in [0.25, 0.3) is 0 Å². The lowest BCUT2D eigenvalue weighted by Crippen LogP contribution is -2.44. The minimum Gasteiger partial charge on any atom is -0.313 e. The number of nitrogens with one attached hydrogen (secondary N) is 1. The highest BCUT2D eigenvalue weighted by atomic mass is 32.2. The molecular formula is C13H26N2S. The third-order valence-corrected chi connectivity index (χ3v) is 4.90. The third kappa shape index (κ3) is 3.64. The van der Waals surface area contributed by atoms with Crippen LogP contribution in [0.5, 0.6) is 0 Å². The lowest BCUT2D eigenvalue weighted by Gasteiger charge is -2.34. The second-order valence-corrected chi connectivity index (χ2v) is 6.36. The van der Waals surface area contributed by atoms with Gasteiger partial charge in [-0.25, -0.2) is 0 Å². The zero-order valence-corrected chi connectivity index (χ0v) is 11.4. The first-order valence-corrected chi connectivity index (χ1v) is 8.11. The second kappa shape index (κ2) is 6.87. The molecule has 0 aromatic rings. The summed E-state index contributed by atoms with van der Waals surface area (Å²) in [7, 11) is 0. The minimum atomic E-state index is 0.752. The second-order valence-electron chi connectivity index (χ2n) is 5.13. The van der Waals surface area contributed by atoms with Gasteiger partial charge in [-0.05, 0) is 50.3 Å². The molecule has 2 fully saturated rings. The Morgan fingerprint density at radius 2 is 2.12 bits per heavy atom. The Morgan fingerprint density at radius 1 is 1.31 bits per heavy atom. The SMILES string of the molecule is CCCC1CN(C2CCSCC2)CCCN1. The molecule has 0 aliphatic carbocycles. The van der Waals surface area contributed by atoms with E-state index in [1.807, 2.05) is 0 Å². The summed E-state index contributed by atoms with van der Waals surface area (Å²) in [6.45, 7) is 6.14. The van der Waals surface area contributed by atoms with Crippen LogP contribution in [0.15, 0.2) is 0 Å². The highest BCUT2D eigenvalue weighted by Crippen LogP contribution is 2.23. The Morgan fingerprint density at radius 3 is 2.88 bits per heavy atom. The largest absolute Gasteiger partial charge is 0.313 e. The average molecular weight is 242 g/mol. The van der Waals surface area contributed by atoms with E-state index in [1.54, 1.807) is 0 Å². The molecule has 3 heteroatoms. The van der Waals surface area contributed by atoms with Crippen molar-refractivity contribution in [2.24, 2.45) is 0 Å². The molecule has 2 aliphatic rings. The number of rotatable bonds is 3. The third-order valence-electron chi connectivity index (χ3n) is 3.85. The van der Waals surface area contributed by atoms with Gasteiger partial charge < -0.3 is 5.32 Å². The Labute approximate surface area is 105 Å². The van der Waals surface area contributed by atoms with Crippen LogP contribution in [0.1, 0.15) is 39.0 Å². The molecule has 16 heavy (non-hydrogen) atoms. The fourth-order valence-electron chi connectivity index (χ4n) is 2.95. The molecule has 2 heterocycles. The van der Waals surface area contributed by atoms with Crippen molar-refractivity contribution in [3.8, 4) is 0 Å². The van der Waals surface area contributed by atoms with Crippen LogP contribution in [-0.2, 0) is 0 Å². The minimum absolute atomic E-state index is 0.752. The Balaban J connectivity index is 1.86. The summed E-state index contributed by atoms with van der Waals surface area (Å²) < 4.78 is 0. The molecule has 2 rings (SSSR count). The Hall–Kier alpha value is 0.270. The van der Waals surface area contributed by atoms with Gasteiger partial charge in [-0.2, -0.15) is 11.8 Å². The van der Waals surface area contributed by atoms with Crippen molar-refractivity contribution in [1.29, 1.82) is 0 Å². The van der Waals surface area contributed by atoms with Crippen molar-refractivity contribution in [2.75, 3.05) is 31.1 Å². The van der Waals surface area contributed by atoms with E-state index in [-0.39, 0.29) is 0 Å². The maximum atomic E-state index is 3.70. The molecule has 2 saturated heterocycles. The van der Waals surface area contributed by atoms with Gasteiger partial charge in [-0.1, -0.05) is 13.3 Å². The number of hydrogen-bond donors (Lipinski definition) is 1. The maximum absolute atomic E-state index is 3.70. The molecule has 94 valence electrons. The summed E-state index contributed by atoms with van der Waals surface area (Å²) in [6.07, 6.45) is 6.83. The van der Waals surface area contributed by atoms with Crippen molar-refractivity contribution < 1.29 is 0 Å². The average Bonchev–Trinajstić information content (AvgIpc) is 2.56. The van der Waals surface area contributed by atoms with Crippen LogP contribution in [0.2, 0.25) is 0 Å². The summed E-state index contributed by atoms with van der Waals surface area (Å²) in [5.41, 5.74) is 0. The van der Waals surface area contributed by atoms with E-state index in [2.05, 4.69) is 28.9 Å². The van der Waals surface area contributed by atoms with Gasteiger partial charge in [-0.3, -0.25) is 4.90 Å². The predicted octanol–water partition coefficient (Wildman–Crippen LogP) is 2.35. The fourth-order valence-corrected chi connectivity index (χ4v) is 4.03. The van der Waals surface area contributed by atoms with E-state index < -0.39 is 0 Å². The van der Waals surface area contributed by atoms with Crippen LogP contribution >= 0.6 is 11.8 Å². The van der Waals surface area contributed by atoms with Crippen LogP contribution in [0.25, 0.3) is 0 Å². The normalized spacial score (nSPS) is 30.2. The van der Waals surface area contributed by atoms with E-state index in [1.165, 1.54) is 63.2 Å². The van der Waals surface area contributed by atoms with Gasteiger partial charge in [0.1, 0.15) is 0 Å². The van der Waals surface area contributed by atoms with Crippen LogP contribution in [0, 0.1) is 0 Å². The number of nitrogens with zero attached hydrogens (tertiary/aromatic N) is 1. The molecule has 1 atom stereocenters. The maximum Gasteiger partial charge on any atom is 0.0195 e. The van der Waals surface area contributed by atoms with Crippen LogP contribution in [0.3, 0.4) is 0 Å². The lowest BCUT2D eigenvalue weighted by atomic mass is 10.1. The fraction of sp³-hybridized carbons (Fsp3) is 1.00. The molecule has 0 amide bonds. The van der Waals surface area contributed by atoms with Crippen molar-refractivity contribution in [3.63, 3.8) is 0 Å². The van der Waals surface area contributed by atoms with E-state index in [0.717, 1.165) is 12.1 Å². The highest BCUT2D eigenvalue weighted by molar-refractivity contribution is 7.99. The summed E-state index contributed by atoms with van der Waals surface area (Å²) in [4.78, 5) is 2.78. The Bertz CT molecular complexity index is 192. The summed E-state index contributed by atoms with van der Waals surface area (Å²) in [5, 5.41) is 3.70. The quantitative estimate of drug-likeness (QED) is 0.818. The van der Waals surface area contributed by atoms with Gasteiger partial charge in [0.05, 0.1) is 0 Å². The molecular weight excluding hydrogens is 216 g/mol. The smallest absolute Gasteiger partial charge is 0.0195 e. The summed E-state index contributed by atoms with van der Waals surface area (Å²) in [6, 6.07) is 1.64. The monoisotopic (exact) mass is 242 g/mol. The van der Waals surface area contributed by atoms with E-state index in [0.29, 0.717) is 0 Å². The molecule has 0 bridgehead atoms. The first-order valence-electron chi connectivity index (χ1n) is 6.95. The zero-order valence-electron chi connectivity index (χ0n) is 10.6. The van der Waals surface area contributed by atoms with Gasteiger partial charge in [-0.15, -0.1) is 0 Å². The van der Waals surface area contributed by atoms with Gasteiger partial charge in [0.2, 0.25) is 0 Å². The van der Waals surface area contributed by atoms with Crippen LogP contribution < -0.4 is 5.32 Å². The number of hydrogen-bond acceptors (Lipinski definition) is 3. The van der Waals surface area contributed by atoms with Crippen molar-refractivity contribution in [3.05, 3.63) is 0 Å². The molecule has 0 radical (unpaired) electrons. The standard InChI is InChI=1S/C13H26N2S/c1-2-4-12-11-15(8-3-7-14-12)13-5-9-16-10-6-13/h12-14H,2-11H2,1H3. The number of thioether (sulfide) groups is 1. The summed E-state index contributed by atoms with van der Waals surface area (Å²) in [5.74, 6) is 2.76. The zero-order chi connectivity index (χ0) is 11.2. The van der Waals surface area contributed by atoms with Crippen molar-refractivity contribution >= 4 is 11.8 Å². The van der Waals surface area contributed by atoms with Gasteiger partial charge in [0.15, 0.2) is 0 Å². The molecule has 1 N–H and O–H groups in total. The molecule has 2 aliphatic heterocycles. The molecule has 0 saturated carbocycles. The van der Waals surface area contributed by atoms with Crippen LogP contribution in [-0.4, -0.2) is 48.1 Å². The topological polar surface area (TPSA) is 15.3 Å². The van der Waals surface area contributed by atoms with Gasteiger partial charge in [0, 0.05) is 18.6 Å². The molecule has 1 unspecified atom stereocenters. The molecule has 2 nitrogen and oxygen atoms in total. The van der Waals surface area contributed by atoms with E-state index in [9.17, 15) is 0 Å². The lowest BCUT2D eigenvalue weighted by molar-refractivity contribution is 0.180. The first-order chi connectivity index (χ1) is 7.90. The first kappa shape index (κ1) is 12.7. The highest BCUT2D eigenvalue weighted by Gasteiger charge is 2.24. The summed E-state index contributed by atoms with van der Waals surface area (Å²) >= 11 is 2.14. The molecule has 0 spiro atoms. The van der Waals surface area contributed by atoms with E-state index >= 15 is 0 Å².